The average Bonchev–Trinajstić information content (AvgIpc) is 2.47. The van der Waals surface area contributed by atoms with Gasteiger partial charge in [0, 0.05) is 18.5 Å². The number of carbonyl (C=O) groups excluding carboxylic acids is 1. The molecule has 0 radical (unpaired) electrons. The number of nitrogens with zero attached hydrogens (tertiary/aromatic N) is 1. The van der Waals surface area contributed by atoms with Gasteiger partial charge in [-0.15, -0.1) is 0 Å². The highest BCUT2D eigenvalue weighted by molar-refractivity contribution is 5.95. The number of alkyl halides is 3. The Bertz CT molecular complexity index is 569. The van der Waals surface area contributed by atoms with Crippen LogP contribution >= 0.6 is 0 Å². The number of anilines is 2. The van der Waals surface area contributed by atoms with E-state index in [2.05, 4.69) is 17.1 Å². The SMILES string of the molecule is CC(C)C(=O)Nc1cc(C(F)(F)F)ccc1N1CCCCC1C. The fourth-order valence-corrected chi connectivity index (χ4v) is 2.80. The Labute approximate surface area is 134 Å². The molecular weight excluding hydrogens is 305 g/mol. The molecule has 1 heterocycles. The molecule has 1 fully saturated rings. The van der Waals surface area contributed by atoms with Crippen molar-refractivity contribution in [3.8, 4) is 0 Å². The molecule has 6 heteroatoms. The van der Waals surface area contributed by atoms with E-state index in [0.717, 1.165) is 37.9 Å². The zero-order valence-corrected chi connectivity index (χ0v) is 13.7. The van der Waals surface area contributed by atoms with Gasteiger partial charge in [-0.2, -0.15) is 13.2 Å². The van der Waals surface area contributed by atoms with Crippen molar-refractivity contribution >= 4 is 17.3 Å². The van der Waals surface area contributed by atoms with Crippen LogP contribution in [0.15, 0.2) is 18.2 Å². The average molecular weight is 328 g/mol. The quantitative estimate of drug-likeness (QED) is 0.874. The van der Waals surface area contributed by atoms with E-state index < -0.39 is 11.7 Å². The summed E-state index contributed by atoms with van der Waals surface area (Å²) >= 11 is 0. The number of amides is 1. The Balaban J connectivity index is 2.41. The number of hydrogen-bond donors (Lipinski definition) is 1. The lowest BCUT2D eigenvalue weighted by Crippen LogP contribution is -2.38. The normalized spacial score (nSPS) is 19.1. The molecule has 1 aromatic rings. The van der Waals surface area contributed by atoms with Gasteiger partial charge < -0.3 is 10.2 Å². The summed E-state index contributed by atoms with van der Waals surface area (Å²) in [5.74, 6) is -0.577. The van der Waals surface area contributed by atoms with E-state index in [-0.39, 0.29) is 23.6 Å². The lowest BCUT2D eigenvalue weighted by molar-refractivity contribution is -0.137. The fraction of sp³-hybridized carbons (Fsp3) is 0.588. The second-order valence-electron chi connectivity index (χ2n) is 6.41. The molecule has 1 saturated heterocycles. The molecule has 1 atom stereocenters. The molecule has 1 aliphatic heterocycles. The van der Waals surface area contributed by atoms with Gasteiger partial charge in [0.2, 0.25) is 5.91 Å². The minimum absolute atomic E-state index is 0.243. The van der Waals surface area contributed by atoms with E-state index >= 15 is 0 Å². The van der Waals surface area contributed by atoms with Gasteiger partial charge in [-0.05, 0) is 44.4 Å². The van der Waals surface area contributed by atoms with Crippen molar-refractivity contribution in [2.75, 3.05) is 16.8 Å². The largest absolute Gasteiger partial charge is 0.416 e. The maximum atomic E-state index is 13.0. The fourth-order valence-electron chi connectivity index (χ4n) is 2.80. The zero-order chi connectivity index (χ0) is 17.2. The predicted molar refractivity (Wildman–Crippen MR) is 85.6 cm³/mol. The molecule has 3 nitrogen and oxygen atoms in total. The van der Waals surface area contributed by atoms with Crippen molar-refractivity contribution in [2.24, 2.45) is 5.92 Å². The Morgan fingerprint density at radius 3 is 2.57 bits per heavy atom. The molecule has 0 aromatic heterocycles. The van der Waals surface area contributed by atoms with Crippen LogP contribution in [0, 0.1) is 5.92 Å². The molecule has 1 unspecified atom stereocenters. The molecule has 0 spiro atoms. The van der Waals surface area contributed by atoms with Crippen LogP contribution in [-0.2, 0) is 11.0 Å². The predicted octanol–water partition coefficient (Wildman–Crippen LogP) is 4.68. The molecule has 0 aliphatic carbocycles. The minimum atomic E-state index is -4.43. The summed E-state index contributed by atoms with van der Waals surface area (Å²) in [6, 6.07) is 3.84. The van der Waals surface area contributed by atoms with Crippen LogP contribution in [0.5, 0.6) is 0 Å². The van der Waals surface area contributed by atoms with Crippen molar-refractivity contribution in [1.29, 1.82) is 0 Å². The molecule has 23 heavy (non-hydrogen) atoms. The van der Waals surface area contributed by atoms with E-state index in [1.54, 1.807) is 13.8 Å². The van der Waals surface area contributed by atoms with Crippen LogP contribution in [0.4, 0.5) is 24.5 Å². The number of rotatable bonds is 3. The Morgan fingerprint density at radius 2 is 2.00 bits per heavy atom. The maximum Gasteiger partial charge on any atom is 0.416 e. The van der Waals surface area contributed by atoms with Crippen LogP contribution in [0.25, 0.3) is 0 Å². The zero-order valence-electron chi connectivity index (χ0n) is 13.7. The van der Waals surface area contributed by atoms with Gasteiger partial charge in [-0.25, -0.2) is 0 Å². The summed E-state index contributed by atoms with van der Waals surface area (Å²) in [5.41, 5.74) is 0.163. The molecule has 128 valence electrons. The summed E-state index contributed by atoms with van der Waals surface area (Å²) in [5, 5.41) is 2.66. The highest BCUT2D eigenvalue weighted by atomic mass is 19.4. The first-order valence-electron chi connectivity index (χ1n) is 7.99. The maximum absolute atomic E-state index is 13.0. The van der Waals surface area contributed by atoms with Crippen molar-refractivity contribution in [3.63, 3.8) is 0 Å². The van der Waals surface area contributed by atoms with Crippen molar-refractivity contribution in [1.82, 2.24) is 0 Å². The third-order valence-corrected chi connectivity index (χ3v) is 4.22. The summed E-state index contributed by atoms with van der Waals surface area (Å²) < 4.78 is 39.0. The standard InChI is InChI=1S/C17H23F3N2O/c1-11(2)16(23)21-14-10-13(17(18,19)20)7-8-15(14)22-9-5-4-6-12(22)3/h7-8,10-12H,4-6,9H2,1-3H3,(H,21,23). The first-order chi connectivity index (χ1) is 10.7. The molecule has 0 saturated carbocycles. The number of nitrogens with one attached hydrogen (secondary N) is 1. The lowest BCUT2D eigenvalue weighted by atomic mass is 10.0. The van der Waals surface area contributed by atoms with Gasteiger partial charge in [-0.3, -0.25) is 4.79 Å². The van der Waals surface area contributed by atoms with Crippen molar-refractivity contribution in [2.45, 2.75) is 52.3 Å². The van der Waals surface area contributed by atoms with E-state index in [0.29, 0.717) is 5.69 Å². The molecule has 1 N–H and O–H groups in total. The molecule has 2 rings (SSSR count). The first kappa shape index (κ1) is 17.6. The van der Waals surface area contributed by atoms with E-state index in [1.807, 2.05) is 0 Å². The summed E-state index contributed by atoms with van der Waals surface area (Å²) in [7, 11) is 0. The highest BCUT2D eigenvalue weighted by Gasteiger charge is 2.32. The second-order valence-corrected chi connectivity index (χ2v) is 6.41. The smallest absolute Gasteiger partial charge is 0.367 e. The van der Waals surface area contributed by atoms with E-state index in [9.17, 15) is 18.0 Å². The van der Waals surface area contributed by atoms with Crippen LogP contribution < -0.4 is 10.2 Å². The van der Waals surface area contributed by atoms with Crippen LogP contribution in [-0.4, -0.2) is 18.5 Å². The number of piperidine rings is 1. The number of carbonyl (C=O) groups is 1. The number of hydrogen-bond acceptors (Lipinski definition) is 2. The number of benzene rings is 1. The van der Waals surface area contributed by atoms with Crippen molar-refractivity contribution < 1.29 is 18.0 Å². The monoisotopic (exact) mass is 328 g/mol. The summed E-state index contributed by atoms with van der Waals surface area (Å²) in [4.78, 5) is 14.1. The van der Waals surface area contributed by atoms with Crippen LogP contribution in [0.3, 0.4) is 0 Å². The van der Waals surface area contributed by atoms with Crippen LogP contribution in [0.2, 0.25) is 0 Å². The number of halogens is 3. The van der Waals surface area contributed by atoms with Gasteiger partial charge in [0.05, 0.1) is 16.9 Å². The van der Waals surface area contributed by atoms with Gasteiger partial charge in [0.15, 0.2) is 0 Å². The third kappa shape index (κ3) is 4.18. The third-order valence-electron chi connectivity index (χ3n) is 4.22. The Kier molecular flexibility index (Phi) is 5.22. The topological polar surface area (TPSA) is 32.3 Å². The summed E-state index contributed by atoms with van der Waals surface area (Å²) in [6.45, 7) is 6.28. The van der Waals surface area contributed by atoms with Gasteiger partial charge in [0.1, 0.15) is 0 Å². The highest BCUT2D eigenvalue weighted by Crippen LogP contribution is 2.37. The molecule has 0 bridgehead atoms. The lowest BCUT2D eigenvalue weighted by Gasteiger charge is -2.37. The van der Waals surface area contributed by atoms with Crippen LogP contribution in [0.1, 0.15) is 45.6 Å². The summed E-state index contributed by atoms with van der Waals surface area (Å²) in [6.07, 6.45) is -1.31. The molecule has 1 aromatic carbocycles. The van der Waals surface area contributed by atoms with Crippen molar-refractivity contribution in [3.05, 3.63) is 23.8 Å². The van der Waals surface area contributed by atoms with Gasteiger partial charge in [0.25, 0.3) is 0 Å². The second kappa shape index (κ2) is 6.81. The Hall–Kier alpha value is -1.72. The minimum Gasteiger partial charge on any atom is -0.367 e. The molecular formula is C17H23F3N2O. The molecule has 1 amide bonds. The molecule has 1 aliphatic rings. The first-order valence-corrected chi connectivity index (χ1v) is 7.99. The Morgan fingerprint density at radius 1 is 1.30 bits per heavy atom. The van der Waals surface area contributed by atoms with E-state index in [4.69, 9.17) is 0 Å². The van der Waals surface area contributed by atoms with Gasteiger partial charge in [-0.1, -0.05) is 13.8 Å². The van der Waals surface area contributed by atoms with Gasteiger partial charge >= 0.3 is 6.18 Å². The van der Waals surface area contributed by atoms with E-state index in [1.165, 1.54) is 6.07 Å².